The molecule has 31 heavy (non-hydrogen) atoms. The second kappa shape index (κ2) is 9.83. The van der Waals surface area contributed by atoms with E-state index in [9.17, 15) is 14.7 Å². The topological polar surface area (TPSA) is 89.2 Å². The third kappa shape index (κ3) is 5.17. The van der Waals surface area contributed by atoms with Crippen molar-refractivity contribution in [3.05, 3.63) is 59.6 Å². The maximum Gasteiger partial charge on any atom is 0.295 e. The Balaban J connectivity index is 1.93. The number of hydrogen-bond acceptors (Lipinski definition) is 6. The summed E-state index contributed by atoms with van der Waals surface area (Å²) in [6.45, 7) is 8.95. The van der Waals surface area contributed by atoms with Crippen LogP contribution in [0.1, 0.15) is 45.1 Å². The molecule has 1 aromatic heterocycles. The number of hydrogen-bond donors (Lipinski definition) is 1. The van der Waals surface area contributed by atoms with Crippen LogP contribution in [0.5, 0.6) is 5.75 Å². The van der Waals surface area contributed by atoms with Gasteiger partial charge in [0.25, 0.3) is 11.7 Å². The number of likely N-dealkylation sites (tertiary alicyclic amines) is 1. The Bertz CT molecular complexity index is 927. The lowest BCUT2D eigenvalue weighted by Crippen LogP contribution is -2.33. The van der Waals surface area contributed by atoms with Crippen molar-refractivity contribution >= 4 is 17.4 Å². The van der Waals surface area contributed by atoms with Gasteiger partial charge in [0.1, 0.15) is 23.3 Å². The third-order valence-corrected chi connectivity index (χ3v) is 4.85. The molecule has 1 N–H and O–H groups in total. The summed E-state index contributed by atoms with van der Waals surface area (Å²) in [5.41, 5.74) is 0.422. The Morgan fingerprint density at radius 2 is 1.84 bits per heavy atom. The molecule has 1 aliphatic rings. The maximum absolute atomic E-state index is 12.9. The van der Waals surface area contributed by atoms with Gasteiger partial charge >= 0.3 is 0 Å². The molecule has 1 aromatic carbocycles. The summed E-state index contributed by atoms with van der Waals surface area (Å²) in [6.07, 6.45) is 1.47. The highest BCUT2D eigenvalue weighted by atomic mass is 16.5. The van der Waals surface area contributed by atoms with Crippen molar-refractivity contribution in [3.63, 3.8) is 0 Å². The highest BCUT2D eigenvalue weighted by Crippen LogP contribution is 2.39. The number of amides is 1. The monoisotopic (exact) mass is 427 g/mol. The van der Waals surface area contributed by atoms with E-state index in [1.54, 1.807) is 36.4 Å². The van der Waals surface area contributed by atoms with Crippen LogP contribution >= 0.6 is 0 Å². The van der Waals surface area contributed by atoms with Crippen molar-refractivity contribution in [1.29, 1.82) is 0 Å². The van der Waals surface area contributed by atoms with E-state index < -0.39 is 17.7 Å². The minimum Gasteiger partial charge on any atom is -0.507 e. The molecule has 0 saturated carbocycles. The van der Waals surface area contributed by atoms with E-state index in [0.717, 1.165) is 0 Å². The Labute approximate surface area is 182 Å². The first-order valence-electron chi connectivity index (χ1n) is 10.5. The van der Waals surface area contributed by atoms with Crippen LogP contribution < -0.4 is 4.74 Å². The first kappa shape index (κ1) is 22.6. The van der Waals surface area contributed by atoms with Crippen molar-refractivity contribution in [1.82, 2.24) is 4.90 Å². The number of aliphatic hydroxyl groups excluding tert-OH is 1. The molecule has 1 unspecified atom stereocenters. The van der Waals surface area contributed by atoms with Crippen LogP contribution in [0, 0.1) is 5.92 Å². The SMILES string of the molecule is CC(C)COc1ccc(/C(O)=C2/C(=O)C(=O)N(CCOC(C)C)C2c2ccco2)cc1. The average molecular weight is 427 g/mol. The Kier molecular flexibility index (Phi) is 7.17. The van der Waals surface area contributed by atoms with Crippen LogP contribution in [0.25, 0.3) is 5.76 Å². The average Bonchev–Trinajstić information content (AvgIpc) is 3.34. The van der Waals surface area contributed by atoms with Crippen molar-refractivity contribution in [3.8, 4) is 5.75 Å². The lowest BCUT2D eigenvalue weighted by Gasteiger charge is -2.23. The Hall–Kier alpha value is -3.06. The van der Waals surface area contributed by atoms with E-state index in [-0.39, 0.29) is 30.6 Å². The second-order valence-corrected chi connectivity index (χ2v) is 8.16. The molecule has 2 heterocycles. The second-order valence-electron chi connectivity index (χ2n) is 8.16. The number of nitrogens with zero attached hydrogens (tertiary/aromatic N) is 1. The highest BCUT2D eigenvalue weighted by molar-refractivity contribution is 6.46. The zero-order valence-electron chi connectivity index (χ0n) is 18.3. The number of carbonyl (C=O) groups excluding carboxylic acids is 2. The van der Waals surface area contributed by atoms with Gasteiger partial charge in [-0.15, -0.1) is 0 Å². The van der Waals surface area contributed by atoms with Crippen LogP contribution in [0.2, 0.25) is 0 Å². The van der Waals surface area contributed by atoms with Gasteiger partial charge in [-0.05, 0) is 56.2 Å². The number of aliphatic hydroxyl groups is 1. The summed E-state index contributed by atoms with van der Waals surface area (Å²) < 4.78 is 16.7. The summed E-state index contributed by atoms with van der Waals surface area (Å²) in [4.78, 5) is 27.0. The molecule has 0 aliphatic carbocycles. The molecule has 1 aliphatic heterocycles. The van der Waals surface area contributed by atoms with E-state index in [0.29, 0.717) is 29.6 Å². The van der Waals surface area contributed by atoms with Crippen LogP contribution in [-0.4, -0.2) is 47.6 Å². The summed E-state index contributed by atoms with van der Waals surface area (Å²) >= 11 is 0. The largest absolute Gasteiger partial charge is 0.507 e. The van der Waals surface area contributed by atoms with Crippen molar-refractivity contribution in [2.24, 2.45) is 5.92 Å². The predicted octanol–water partition coefficient (Wildman–Crippen LogP) is 4.16. The number of rotatable bonds is 9. The van der Waals surface area contributed by atoms with Gasteiger partial charge in [0.15, 0.2) is 0 Å². The fourth-order valence-corrected chi connectivity index (χ4v) is 3.37. The molecule has 1 atom stereocenters. The van der Waals surface area contributed by atoms with Crippen molar-refractivity contribution in [2.45, 2.75) is 39.8 Å². The van der Waals surface area contributed by atoms with Gasteiger partial charge in [0.05, 0.1) is 31.2 Å². The van der Waals surface area contributed by atoms with Gasteiger partial charge in [-0.3, -0.25) is 9.59 Å². The summed E-state index contributed by atoms with van der Waals surface area (Å²) in [7, 11) is 0. The van der Waals surface area contributed by atoms with Crippen LogP contribution in [0.4, 0.5) is 0 Å². The fourth-order valence-electron chi connectivity index (χ4n) is 3.37. The van der Waals surface area contributed by atoms with Gasteiger partial charge in [-0.25, -0.2) is 0 Å². The lowest BCUT2D eigenvalue weighted by atomic mass is 9.99. The Morgan fingerprint density at radius 1 is 1.13 bits per heavy atom. The van der Waals surface area contributed by atoms with E-state index in [1.165, 1.54) is 11.2 Å². The van der Waals surface area contributed by atoms with Crippen molar-refractivity contribution in [2.75, 3.05) is 19.8 Å². The number of carbonyl (C=O) groups is 2. The van der Waals surface area contributed by atoms with E-state index >= 15 is 0 Å². The molecule has 7 nitrogen and oxygen atoms in total. The first-order valence-corrected chi connectivity index (χ1v) is 10.5. The molecular formula is C24H29NO6. The third-order valence-electron chi connectivity index (χ3n) is 4.85. The van der Waals surface area contributed by atoms with Crippen molar-refractivity contribution < 1.29 is 28.6 Å². The Morgan fingerprint density at radius 3 is 2.42 bits per heavy atom. The zero-order chi connectivity index (χ0) is 22.5. The molecule has 166 valence electrons. The molecule has 0 spiro atoms. The molecule has 3 rings (SSSR count). The predicted molar refractivity (Wildman–Crippen MR) is 116 cm³/mol. The van der Waals surface area contributed by atoms with E-state index in [1.807, 2.05) is 13.8 Å². The highest BCUT2D eigenvalue weighted by Gasteiger charge is 2.47. The van der Waals surface area contributed by atoms with Gasteiger partial charge in [0, 0.05) is 12.1 Å². The minimum atomic E-state index is -0.817. The maximum atomic E-state index is 12.9. The molecule has 0 bridgehead atoms. The molecule has 0 radical (unpaired) electrons. The standard InChI is InChI=1S/C24H29NO6/c1-15(2)14-31-18-9-7-17(8-10-18)22(26)20-21(19-6-5-12-30-19)25(24(28)23(20)27)11-13-29-16(3)4/h5-10,12,15-16,21,26H,11,13-14H2,1-4H3/b22-20-. The minimum absolute atomic E-state index is 0.000320. The molecule has 1 saturated heterocycles. The number of ketones is 1. The lowest BCUT2D eigenvalue weighted by molar-refractivity contribution is -0.140. The zero-order valence-corrected chi connectivity index (χ0v) is 18.3. The van der Waals surface area contributed by atoms with E-state index in [4.69, 9.17) is 13.9 Å². The number of furan rings is 1. The number of Topliss-reactive ketones (excluding diaryl/α,β-unsaturated/α-hetero) is 1. The quantitative estimate of drug-likeness (QED) is 0.367. The normalized spacial score (nSPS) is 18.4. The molecule has 1 fully saturated rings. The smallest absolute Gasteiger partial charge is 0.295 e. The fraction of sp³-hybridized carbons (Fsp3) is 0.417. The van der Waals surface area contributed by atoms with Gasteiger partial charge in [-0.2, -0.15) is 0 Å². The van der Waals surface area contributed by atoms with Gasteiger partial charge in [-0.1, -0.05) is 13.8 Å². The number of benzene rings is 1. The molecule has 2 aromatic rings. The van der Waals surface area contributed by atoms with Crippen LogP contribution in [-0.2, 0) is 14.3 Å². The summed E-state index contributed by atoms with van der Waals surface area (Å²) in [5.74, 6) is -0.225. The van der Waals surface area contributed by atoms with Crippen LogP contribution in [0.15, 0.2) is 52.7 Å². The number of ether oxygens (including phenoxy) is 2. The van der Waals surface area contributed by atoms with Gasteiger partial charge in [0.2, 0.25) is 0 Å². The first-order chi connectivity index (χ1) is 14.8. The molecule has 1 amide bonds. The molecular weight excluding hydrogens is 398 g/mol. The molecule has 7 heteroatoms. The summed E-state index contributed by atoms with van der Waals surface area (Å²) in [6, 6.07) is 9.34. The van der Waals surface area contributed by atoms with E-state index in [2.05, 4.69) is 13.8 Å². The summed E-state index contributed by atoms with van der Waals surface area (Å²) in [5, 5.41) is 11.0. The van der Waals surface area contributed by atoms with Gasteiger partial charge < -0.3 is 23.9 Å². The van der Waals surface area contributed by atoms with Crippen LogP contribution in [0.3, 0.4) is 0 Å².